The summed E-state index contributed by atoms with van der Waals surface area (Å²) in [5.41, 5.74) is -0.259. The Hall–Kier alpha value is -1.20. The van der Waals surface area contributed by atoms with E-state index in [1.165, 1.54) is 12.8 Å². The highest BCUT2D eigenvalue weighted by Crippen LogP contribution is 2.25. The van der Waals surface area contributed by atoms with Crippen LogP contribution in [0.25, 0.3) is 0 Å². The van der Waals surface area contributed by atoms with Gasteiger partial charge in [0.25, 0.3) is 0 Å². The minimum Gasteiger partial charge on any atom is -0.490 e. The van der Waals surface area contributed by atoms with Crippen LogP contribution in [0.15, 0.2) is 18.2 Å². The molecule has 0 radical (unpaired) electrons. The van der Waals surface area contributed by atoms with Crippen LogP contribution in [-0.2, 0) is 0 Å². The van der Waals surface area contributed by atoms with E-state index in [1.807, 2.05) is 6.92 Å². The van der Waals surface area contributed by atoms with E-state index in [2.05, 4.69) is 5.32 Å². The average molecular weight is 299 g/mol. The maximum atomic E-state index is 13.3. The lowest BCUT2D eigenvalue weighted by Gasteiger charge is -2.29. The number of aliphatic hydroxyl groups is 1. The van der Waals surface area contributed by atoms with Crippen molar-refractivity contribution in [1.29, 1.82) is 0 Å². The molecule has 1 aromatic rings. The van der Waals surface area contributed by atoms with E-state index in [-0.39, 0.29) is 17.9 Å². The van der Waals surface area contributed by atoms with Gasteiger partial charge in [-0.25, -0.2) is 8.78 Å². The highest BCUT2D eigenvalue weighted by atomic mass is 19.1. The Kier molecular flexibility index (Phi) is 5.53. The van der Waals surface area contributed by atoms with Crippen LogP contribution in [0.3, 0.4) is 0 Å². The monoisotopic (exact) mass is 299 g/mol. The fourth-order valence-corrected chi connectivity index (χ4v) is 2.30. The zero-order valence-electron chi connectivity index (χ0n) is 12.4. The lowest BCUT2D eigenvalue weighted by molar-refractivity contribution is 0.158. The molecule has 0 aromatic heterocycles. The van der Waals surface area contributed by atoms with Crippen molar-refractivity contribution in [3.8, 4) is 5.75 Å². The molecule has 2 rings (SSSR count). The summed E-state index contributed by atoms with van der Waals surface area (Å²) in [6.07, 6.45) is 4.77. The summed E-state index contributed by atoms with van der Waals surface area (Å²) in [5, 5.41) is 12.9. The second-order valence-electron chi connectivity index (χ2n) is 6.02. The number of ether oxygens (including phenoxy) is 1. The lowest BCUT2D eigenvalue weighted by atomic mass is 9.95. The van der Waals surface area contributed by atoms with Crippen LogP contribution in [0, 0.1) is 11.6 Å². The van der Waals surface area contributed by atoms with Crippen molar-refractivity contribution in [1.82, 2.24) is 5.32 Å². The quantitative estimate of drug-likeness (QED) is 0.689. The first-order valence-corrected chi connectivity index (χ1v) is 7.49. The van der Waals surface area contributed by atoms with Gasteiger partial charge in [0.2, 0.25) is 0 Å². The predicted octanol–water partition coefficient (Wildman–Crippen LogP) is 3.02. The second kappa shape index (κ2) is 7.18. The summed E-state index contributed by atoms with van der Waals surface area (Å²) in [6.45, 7) is 2.45. The third-order valence-electron chi connectivity index (χ3n) is 3.75. The fraction of sp³-hybridized carbons (Fsp3) is 0.625. The minimum absolute atomic E-state index is 0.0453. The Morgan fingerprint density at radius 2 is 2.10 bits per heavy atom. The van der Waals surface area contributed by atoms with Crippen molar-refractivity contribution < 1.29 is 18.6 Å². The topological polar surface area (TPSA) is 41.5 Å². The molecule has 21 heavy (non-hydrogen) atoms. The van der Waals surface area contributed by atoms with Crippen LogP contribution in [0.1, 0.15) is 39.0 Å². The Morgan fingerprint density at radius 3 is 2.76 bits per heavy atom. The van der Waals surface area contributed by atoms with E-state index < -0.39 is 11.6 Å². The average Bonchev–Trinajstić information content (AvgIpc) is 3.26. The molecule has 5 heteroatoms. The standard InChI is InChI=1S/C16H23F2NO2/c1-16(11-20,19-13-5-6-13)8-2-3-9-21-15-10-12(17)4-7-14(15)18/h4,7,10,13,19-20H,2-3,5-6,8-9,11H2,1H3. The van der Waals surface area contributed by atoms with Gasteiger partial charge in [0.1, 0.15) is 5.82 Å². The molecule has 3 nitrogen and oxygen atoms in total. The molecule has 1 fully saturated rings. The molecular weight excluding hydrogens is 276 g/mol. The van der Waals surface area contributed by atoms with Crippen molar-refractivity contribution >= 4 is 0 Å². The van der Waals surface area contributed by atoms with E-state index in [4.69, 9.17) is 4.74 Å². The van der Waals surface area contributed by atoms with Gasteiger partial charge in [-0.2, -0.15) is 0 Å². The highest BCUT2D eigenvalue weighted by Gasteiger charge is 2.31. The number of aliphatic hydroxyl groups excluding tert-OH is 1. The van der Waals surface area contributed by atoms with Gasteiger partial charge >= 0.3 is 0 Å². The highest BCUT2D eigenvalue weighted by molar-refractivity contribution is 5.24. The largest absolute Gasteiger partial charge is 0.490 e. The van der Waals surface area contributed by atoms with Gasteiger partial charge in [0.05, 0.1) is 13.2 Å². The molecule has 118 valence electrons. The molecular formula is C16H23F2NO2. The van der Waals surface area contributed by atoms with E-state index in [0.717, 1.165) is 37.5 Å². The number of nitrogens with one attached hydrogen (secondary N) is 1. The molecule has 1 unspecified atom stereocenters. The molecule has 0 heterocycles. The first-order valence-electron chi connectivity index (χ1n) is 7.49. The Balaban J connectivity index is 1.68. The second-order valence-corrected chi connectivity index (χ2v) is 6.02. The number of unbranched alkanes of at least 4 members (excludes halogenated alkanes) is 1. The molecule has 1 aliphatic rings. The summed E-state index contributed by atoms with van der Waals surface area (Å²) in [4.78, 5) is 0. The Morgan fingerprint density at radius 1 is 1.33 bits per heavy atom. The van der Waals surface area contributed by atoms with E-state index in [9.17, 15) is 13.9 Å². The van der Waals surface area contributed by atoms with Crippen molar-refractivity contribution in [2.75, 3.05) is 13.2 Å². The molecule has 1 aromatic carbocycles. The van der Waals surface area contributed by atoms with Gasteiger partial charge in [-0.05, 0) is 51.2 Å². The van der Waals surface area contributed by atoms with Crippen molar-refractivity contribution in [2.24, 2.45) is 0 Å². The van der Waals surface area contributed by atoms with Crippen LogP contribution in [0.2, 0.25) is 0 Å². The number of hydrogen-bond acceptors (Lipinski definition) is 3. The number of rotatable bonds is 9. The third-order valence-corrected chi connectivity index (χ3v) is 3.75. The molecule has 2 N–H and O–H groups in total. The van der Waals surface area contributed by atoms with Gasteiger partial charge in [0, 0.05) is 17.6 Å². The summed E-state index contributed by atoms with van der Waals surface area (Å²) >= 11 is 0. The normalized spacial score (nSPS) is 17.5. The van der Waals surface area contributed by atoms with Gasteiger partial charge in [-0.15, -0.1) is 0 Å². The van der Waals surface area contributed by atoms with Gasteiger partial charge in [0.15, 0.2) is 11.6 Å². The summed E-state index contributed by atoms with van der Waals surface area (Å²) in [6, 6.07) is 3.73. The molecule has 0 saturated heterocycles. The smallest absolute Gasteiger partial charge is 0.165 e. The first-order chi connectivity index (χ1) is 10.0. The fourth-order valence-electron chi connectivity index (χ4n) is 2.30. The van der Waals surface area contributed by atoms with E-state index >= 15 is 0 Å². The zero-order valence-corrected chi connectivity index (χ0v) is 12.4. The molecule has 1 saturated carbocycles. The van der Waals surface area contributed by atoms with Crippen LogP contribution in [0.5, 0.6) is 5.75 Å². The summed E-state index contributed by atoms with van der Waals surface area (Å²) in [7, 11) is 0. The minimum atomic E-state index is -0.549. The Labute approximate surface area is 124 Å². The van der Waals surface area contributed by atoms with E-state index in [0.29, 0.717) is 12.6 Å². The lowest BCUT2D eigenvalue weighted by Crippen LogP contribution is -2.46. The van der Waals surface area contributed by atoms with Gasteiger partial charge in [-0.1, -0.05) is 0 Å². The number of benzene rings is 1. The molecule has 0 amide bonds. The maximum absolute atomic E-state index is 13.3. The third kappa shape index (κ3) is 5.25. The van der Waals surface area contributed by atoms with Gasteiger partial charge in [-0.3, -0.25) is 0 Å². The SMILES string of the molecule is CC(CO)(CCCCOc1cc(F)ccc1F)NC1CC1. The van der Waals surface area contributed by atoms with E-state index in [1.54, 1.807) is 0 Å². The summed E-state index contributed by atoms with van der Waals surface area (Å²) in [5.74, 6) is -1.10. The zero-order chi connectivity index (χ0) is 15.3. The summed E-state index contributed by atoms with van der Waals surface area (Å²) < 4.78 is 31.6. The maximum Gasteiger partial charge on any atom is 0.165 e. The molecule has 1 atom stereocenters. The van der Waals surface area contributed by atoms with Crippen LogP contribution in [0.4, 0.5) is 8.78 Å². The molecule has 0 spiro atoms. The number of hydrogen-bond donors (Lipinski definition) is 2. The molecule has 0 bridgehead atoms. The first kappa shape index (κ1) is 16.2. The van der Waals surface area contributed by atoms with Crippen LogP contribution >= 0.6 is 0 Å². The number of halogens is 2. The molecule has 1 aliphatic carbocycles. The van der Waals surface area contributed by atoms with Crippen LogP contribution in [-0.4, -0.2) is 29.9 Å². The van der Waals surface area contributed by atoms with Crippen molar-refractivity contribution in [3.63, 3.8) is 0 Å². The van der Waals surface area contributed by atoms with Crippen molar-refractivity contribution in [3.05, 3.63) is 29.8 Å². The van der Waals surface area contributed by atoms with Crippen LogP contribution < -0.4 is 10.1 Å². The van der Waals surface area contributed by atoms with Crippen molar-refractivity contribution in [2.45, 2.75) is 50.6 Å². The Bertz CT molecular complexity index is 466. The molecule has 0 aliphatic heterocycles. The van der Waals surface area contributed by atoms with Gasteiger partial charge < -0.3 is 15.2 Å². The predicted molar refractivity (Wildman–Crippen MR) is 77.4 cm³/mol.